The van der Waals surface area contributed by atoms with Crippen molar-refractivity contribution in [3.05, 3.63) is 0 Å². The smallest absolute Gasteiger partial charge is 0.381 e. The lowest BCUT2D eigenvalue weighted by molar-refractivity contribution is -0.186. The van der Waals surface area contributed by atoms with Crippen LogP contribution in [0.15, 0.2) is 0 Å². The molecule has 2 aliphatic rings. The summed E-state index contributed by atoms with van der Waals surface area (Å²) in [6.07, 6.45) is -1.93. The van der Waals surface area contributed by atoms with Gasteiger partial charge in [0.1, 0.15) is 0 Å². The molecule has 0 unspecified atom stereocenters. The number of carbonyl (C=O) groups excluding carboxylic acids is 2. The number of carbonyl (C=O) groups is 2. The maximum absolute atomic E-state index is 12.3. The van der Waals surface area contributed by atoms with E-state index >= 15 is 0 Å². The van der Waals surface area contributed by atoms with Crippen LogP contribution in [0.4, 0.5) is 13.2 Å². The summed E-state index contributed by atoms with van der Waals surface area (Å²) in [5, 5.41) is 2.87. The molecule has 0 spiro atoms. The number of hydrogen-bond donors (Lipinski definition) is 1. The molecule has 2 amide bonds. The van der Waals surface area contributed by atoms with Crippen LogP contribution in [0, 0.1) is 5.92 Å². The standard InChI is InChI=1S/C14H21F3N2O3/c15-14(16,17)13(21)19-5-1-11(2-6-19)18-12(20)9-10-3-7-22-8-4-10/h10-11H,1-9H2,(H,18,20). The fraction of sp³-hybridized carbons (Fsp3) is 0.857. The van der Waals surface area contributed by atoms with Crippen molar-refractivity contribution in [2.75, 3.05) is 26.3 Å². The highest BCUT2D eigenvalue weighted by molar-refractivity contribution is 5.82. The summed E-state index contributed by atoms with van der Waals surface area (Å²) in [5.41, 5.74) is 0. The molecule has 0 aliphatic carbocycles. The zero-order valence-electron chi connectivity index (χ0n) is 12.3. The first kappa shape index (κ1) is 17.1. The summed E-state index contributed by atoms with van der Waals surface area (Å²) in [5.74, 6) is -1.53. The Hall–Kier alpha value is -1.31. The second-order valence-corrected chi connectivity index (χ2v) is 5.89. The minimum absolute atomic E-state index is 0.0283. The minimum Gasteiger partial charge on any atom is -0.381 e. The quantitative estimate of drug-likeness (QED) is 0.856. The van der Waals surface area contributed by atoms with Gasteiger partial charge in [-0.3, -0.25) is 9.59 Å². The monoisotopic (exact) mass is 322 g/mol. The van der Waals surface area contributed by atoms with Gasteiger partial charge in [-0.1, -0.05) is 0 Å². The molecule has 2 rings (SSSR count). The van der Waals surface area contributed by atoms with Gasteiger partial charge >= 0.3 is 12.1 Å². The van der Waals surface area contributed by atoms with Gasteiger partial charge < -0.3 is 15.0 Å². The van der Waals surface area contributed by atoms with E-state index in [0.29, 0.717) is 38.4 Å². The number of hydrogen-bond acceptors (Lipinski definition) is 3. The second kappa shape index (κ2) is 7.30. The average molecular weight is 322 g/mol. The Kier molecular flexibility index (Phi) is 5.66. The molecular formula is C14H21F3N2O3. The Balaban J connectivity index is 1.70. The number of amides is 2. The number of nitrogens with one attached hydrogen (secondary N) is 1. The molecule has 0 aromatic rings. The predicted molar refractivity (Wildman–Crippen MR) is 72.0 cm³/mol. The van der Waals surface area contributed by atoms with Crippen LogP contribution in [-0.2, 0) is 14.3 Å². The molecule has 2 heterocycles. The first-order chi connectivity index (χ1) is 10.4. The molecule has 1 N–H and O–H groups in total. The molecule has 22 heavy (non-hydrogen) atoms. The SMILES string of the molecule is O=C(CC1CCOCC1)NC1CCN(C(=O)C(F)(F)F)CC1. The lowest BCUT2D eigenvalue weighted by Gasteiger charge is -2.33. The third-order valence-corrected chi connectivity index (χ3v) is 4.20. The molecule has 0 radical (unpaired) electrons. The maximum atomic E-state index is 12.3. The number of halogens is 3. The fourth-order valence-electron chi connectivity index (χ4n) is 2.91. The van der Waals surface area contributed by atoms with Gasteiger partial charge in [0.15, 0.2) is 0 Å². The van der Waals surface area contributed by atoms with Crippen LogP contribution >= 0.6 is 0 Å². The number of likely N-dealkylation sites (tertiary alicyclic amines) is 1. The van der Waals surface area contributed by atoms with E-state index in [-0.39, 0.29) is 25.0 Å². The van der Waals surface area contributed by atoms with E-state index in [1.165, 1.54) is 0 Å². The van der Waals surface area contributed by atoms with Gasteiger partial charge in [0.25, 0.3) is 0 Å². The molecule has 0 aromatic carbocycles. The number of ether oxygens (including phenoxy) is 1. The first-order valence-corrected chi connectivity index (χ1v) is 7.59. The van der Waals surface area contributed by atoms with E-state index in [2.05, 4.69) is 5.32 Å². The van der Waals surface area contributed by atoms with Crippen molar-refractivity contribution in [3.8, 4) is 0 Å². The molecule has 8 heteroatoms. The van der Waals surface area contributed by atoms with Gasteiger partial charge in [0.05, 0.1) is 0 Å². The molecule has 0 atom stereocenters. The molecule has 126 valence electrons. The second-order valence-electron chi connectivity index (χ2n) is 5.89. The van der Waals surface area contributed by atoms with Gasteiger partial charge in [-0.2, -0.15) is 13.2 Å². The van der Waals surface area contributed by atoms with E-state index in [0.717, 1.165) is 17.7 Å². The third kappa shape index (κ3) is 4.86. The van der Waals surface area contributed by atoms with E-state index < -0.39 is 12.1 Å². The summed E-state index contributed by atoms with van der Waals surface area (Å²) >= 11 is 0. The first-order valence-electron chi connectivity index (χ1n) is 7.59. The lowest BCUT2D eigenvalue weighted by Crippen LogP contribution is -2.50. The van der Waals surface area contributed by atoms with E-state index in [9.17, 15) is 22.8 Å². The molecule has 0 bridgehead atoms. The zero-order chi connectivity index (χ0) is 16.2. The van der Waals surface area contributed by atoms with Crippen LogP contribution in [0.3, 0.4) is 0 Å². The van der Waals surface area contributed by atoms with E-state index in [1.54, 1.807) is 0 Å². The Morgan fingerprint density at radius 3 is 2.23 bits per heavy atom. The van der Waals surface area contributed by atoms with Crippen LogP contribution in [0.1, 0.15) is 32.1 Å². The Morgan fingerprint density at radius 2 is 1.68 bits per heavy atom. The maximum Gasteiger partial charge on any atom is 0.471 e. The van der Waals surface area contributed by atoms with Gasteiger partial charge in [0, 0.05) is 38.8 Å². The molecule has 2 fully saturated rings. The van der Waals surface area contributed by atoms with Crippen LogP contribution in [0.25, 0.3) is 0 Å². The van der Waals surface area contributed by atoms with Gasteiger partial charge in [-0.05, 0) is 31.6 Å². The summed E-state index contributed by atoms with van der Waals surface area (Å²) in [6.45, 7) is 1.41. The number of rotatable bonds is 3. The molecule has 5 nitrogen and oxygen atoms in total. The lowest BCUT2D eigenvalue weighted by atomic mass is 9.95. The van der Waals surface area contributed by atoms with Crippen molar-refractivity contribution in [2.24, 2.45) is 5.92 Å². The van der Waals surface area contributed by atoms with E-state index in [1.807, 2.05) is 0 Å². The molecule has 0 saturated carbocycles. The Morgan fingerprint density at radius 1 is 1.09 bits per heavy atom. The molecule has 0 aromatic heterocycles. The highest BCUT2D eigenvalue weighted by Crippen LogP contribution is 2.22. The predicted octanol–water partition coefficient (Wildman–Crippen LogP) is 1.47. The summed E-state index contributed by atoms with van der Waals surface area (Å²) in [4.78, 5) is 23.9. The van der Waals surface area contributed by atoms with Gasteiger partial charge in [-0.25, -0.2) is 0 Å². The van der Waals surface area contributed by atoms with Crippen LogP contribution in [0.2, 0.25) is 0 Å². The van der Waals surface area contributed by atoms with Crippen molar-refractivity contribution in [3.63, 3.8) is 0 Å². The van der Waals surface area contributed by atoms with Crippen LogP contribution < -0.4 is 5.32 Å². The van der Waals surface area contributed by atoms with Crippen molar-refractivity contribution in [1.82, 2.24) is 10.2 Å². The van der Waals surface area contributed by atoms with Crippen LogP contribution in [-0.4, -0.2) is 55.2 Å². The normalized spacial score (nSPS) is 21.7. The molecule has 2 aliphatic heterocycles. The topological polar surface area (TPSA) is 58.6 Å². The summed E-state index contributed by atoms with van der Waals surface area (Å²) in [6, 6.07) is -0.148. The van der Waals surface area contributed by atoms with Crippen molar-refractivity contribution in [2.45, 2.75) is 44.3 Å². The molecule has 2 saturated heterocycles. The van der Waals surface area contributed by atoms with Crippen molar-refractivity contribution < 1.29 is 27.5 Å². The summed E-state index contributed by atoms with van der Waals surface area (Å²) in [7, 11) is 0. The van der Waals surface area contributed by atoms with Gasteiger partial charge in [0.2, 0.25) is 5.91 Å². The van der Waals surface area contributed by atoms with E-state index in [4.69, 9.17) is 4.74 Å². The van der Waals surface area contributed by atoms with Gasteiger partial charge in [-0.15, -0.1) is 0 Å². The van der Waals surface area contributed by atoms with Crippen molar-refractivity contribution in [1.29, 1.82) is 0 Å². The fourth-order valence-corrected chi connectivity index (χ4v) is 2.91. The van der Waals surface area contributed by atoms with Crippen molar-refractivity contribution >= 4 is 11.8 Å². The summed E-state index contributed by atoms with van der Waals surface area (Å²) < 4.78 is 42.2. The number of alkyl halides is 3. The Labute approximate surface area is 127 Å². The largest absolute Gasteiger partial charge is 0.471 e. The molecular weight excluding hydrogens is 301 g/mol. The Bertz CT molecular complexity index is 401. The highest BCUT2D eigenvalue weighted by Gasteiger charge is 2.43. The zero-order valence-corrected chi connectivity index (χ0v) is 12.3. The highest BCUT2D eigenvalue weighted by atomic mass is 19.4. The number of piperidine rings is 1. The minimum atomic E-state index is -4.82. The third-order valence-electron chi connectivity index (χ3n) is 4.20. The average Bonchev–Trinajstić information content (AvgIpc) is 2.47. The number of nitrogens with zero attached hydrogens (tertiary/aromatic N) is 1. The van der Waals surface area contributed by atoms with Crippen LogP contribution in [0.5, 0.6) is 0 Å².